The molecule has 1 N–H and O–H groups in total. The molecule has 7 nitrogen and oxygen atoms in total. The van der Waals surface area contributed by atoms with Gasteiger partial charge in [-0.25, -0.2) is 9.59 Å². The number of methoxy groups -OCH3 is 2. The molecule has 0 aliphatic heterocycles. The van der Waals surface area contributed by atoms with E-state index in [1.54, 1.807) is 26.4 Å². The van der Waals surface area contributed by atoms with E-state index >= 15 is 0 Å². The molecule has 0 unspecified atom stereocenters. The van der Waals surface area contributed by atoms with Gasteiger partial charge in [-0.1, -0.05) is 70.2 Å². The zero-order valence-electron chi connectivity index (χ0n) is 22.9. The molecule has 37 heavy (non-hydrogen) atoms. The molecule has 0 bridgehead atoms. The number of hydrogen-bond acceptors (Lipinski definition) is 4. The maximum Gasteiger partial charge on any atom is 0.336 e. The Morgan fingerprint density at radius 3 is 2.08 bits per heavy atom. The van der Waals surface area contributed by atoms with Crippen LogP contribution in [-0.4, -0.2) is 34.4 Å². The highest BCUT2D eigenvalue weighted by Gasteiger charge is 2.26. The van der Waals surface area contributed by atoms with Gasteiger partial charge in [-0.2, -0.15) is 0 Å². The number of carbonyl (C=O) groups is 1. The summed E-state index contributed by atoms with van der Waals surface area (Å²) in [5.74, 6) is -0.0262. The molecule has 0 saturated heterocycles. The summed E-state index contributed by atoms with van der Waals surface area (Å²) in [7, 11) is 3.20. The molecule has 0 amide bonds. The van der Waals surface area contributed by atoms with Crippen molar-refractivity contribution in [3.05, 3.63) is 81.5 Å². The number of carboxylic acids is 1. The first-order valence-corrected chi connectivity index (χ1v) is 13.0. The van der Waals surface area contributed by atoms with E-state index in [1.807, 2.05) is 45.5 Å². The van der Waals surface area contributed by atoms with E-state index in [0.29, 0.717) is 30.5 Å². The van der Waals surface area contributed by atoms with Crippen molar-refractivity contribution in [1.29, 1.82) is 0 Å². The van der Waals surface area contributed by atoms with Crippen LogP contribution in [0.5, 0.6) is 0 Å². The number of hydrogen-bond donors (Lipinski definition) is 1. The number of nitrogens with zero attached hydrogens (tertiary/aromatic N) is 2. The average molecular weight is 509 g/mol. The van der Waals surface area contributed by atoms with Gasteiger partial charge in [0.25, 0.3) is 0 Å². The number of benzene rings is 2. The number of imidazole rings is 1. The van der Waals surface area contributed by atoms with Gasteiger partial charge in [0.05, 0.1) is 17.8 Å². The molecule has 7 heteroatoms. The molecular formula is C30H40N2O5. The third kappa shape index (κ3) is 6.79. The van der Waals surface area contributed by atoms with Crippen molar-refractivity contribution >= 4 is 5.97 Å². The van der Waals surface area contributed by atoms with Crippen LogP contribution in [0, 0.1) is 11.8 Å². The summed E-state index contributed by atoms with van der Waals surface area (Å²) in [5, 5.41) is 9.56. The molecule has 3 rings (SSSR count). The second kappa shape index (κ2) is 12.9. The molecule has 2 aromatic carbocycles. The van der Waals surface area contributed by atoms with Crippen LogP contribution in [0.1, 0.15) is 74.1 Å². The lowest BCUT2D eigenvalue weighted by Gasteiger charge is -2.19. The van der Waals surface area contributed by atoms with E-state index in [2.05, 4.69) is 27.7 Å². The van der Waals surface area contributed by atoms with Crippen molar-refractivity contribution in [2.75, 3.05) is 14.2 Å². The largest absolute Gasteiger partial charge is 0.478 e. The van der Waals surface area contributed by atoms with Gasteiger partial charge >= 0.3 is 11.7 Å². The Morgan fingerprint density at radius 1 is 0.892 bits per heavy atom. The lowest BCUT2D eigenvalue weighted by molar-refractivity contribution is -0.111. The van der Waals surface area contributed by atoms with Crippen LogP contribution < -0.4 is 5.69 Å². The van der Waals surface area contributed by atoms with E-state index in [1.165, 1.54) is 0 Å². The monoisotopic (exact) mass is 508 g/mol. The molecule has 0 fully saturated rings. The highest BCUT2D eigenvalue weighted by Crippen LogP contribution is 2.27. The van der Waals surface area contributed by atoms with Crippen LogP contribution in [0.15, 0.2) is 53.3 Å². The molecule has 0 spiro atoms. The Kier molecular flexibility index (Phi) is 9.89. The molecule has 1 aromatic heterocycles. The zero-order chi connectivity index (χ0) is 27.1. The Labute approximate surface area is 219 Å². The minimum Gasteiger partial charge on any atom is -0.478 e. The van der Waals surface area contributed by atoms with Gasteiger partial charge in [0.2, 0.25) is 0 Å². The van der Waals surface area contributed by atoms with Crippen molar-refractivity contribution in [3.8, 4) is 11.1 Å². The van der Waals surface area contributed by atoms with Gasteiger partial charge in [-0.05, 0) is 53.9 Å². The van der Waals surface area contributed by atoms with Crippen LogP contribution in [0.3, 0.4) is 0 Å². The number of ether oxygens (including phenoxy) is 2. The van der Waals surface area contributed by atoms with Gasteiger partial charge < -0.3 is 14.6 Å². The molecule has 0 aliphatic rings. The predicted molar refractivity (Wildman–Crippen MR) is 146 cm³/mol. The van der Waals surface area contributed by atoms with Gasteiger partial charge in [0.15, 0.2) is 6.29 Å². The van der Waals surface area contributed by atoms with Crippen molar-refractivity contribution in [1.82, 2.24) is 9.13 Å². The highest BCUT2D eigenvalue weighted by molar-refractivity contribution is 5.95. The third-order valence-corrected chi connectivity index (χ3v) is 6.68. The summed E-state index contributed by atoms with van der Waals surface area (Å²) < 4.78 is 15.0. The molecular weight excluding hydrogens is 468 g/mol. The fraction of sp³-hybridized carbons (Fsp3) is 0.467. The van der Waals surface area contributed by atoms with Crippen LogP contribution in [0.25, 0.3) is 11.1 Å². The van der Waals surface area contributed by atoms with Crippen molar-refractivity contribution in [2.45, 2.75) is 66.3 Å². The minimum absolute atomic E-state index is 0.0613. The minimum atomic E-state index is -0.956. The summed E-state index contributed by atoms with van der Waals surface area (Å²) in [5.41, 5.74) is 4.39. The predicted octanol–water partition coefficient (Wildman–Crippen LogP) is 5.99. The SMILES string of the molecule is COC(OC)c1c(CCC(C)C)n(Cc2ccc(-c3ccccc3C(=O)O)cc2)c(=O)n1CCC(C)C. The van der Waals surface area contributed by atoms with Crippen LogP contribution in [0.2, 0.25) is 0 Å². The molecule has 1 heterocycles. The Morgan fingerprint density at radius 2 is 1.51 bits per heavy atom. The second-order valence-electron chi connectivity index (χ2n) is 10.3. The standard InChI is InChI=1S/C30H40N2O5/c1-20(2)11-16-26-27(29(36-5)37-6)31(18-17-21(3)4)30(35)32(26)19-22-12-14-23(15-13-22)24-9-7-8-10-25(24)28(33)34/h7-10,12-15,20-21,29H,11,16-19H2,1-6H3,(H,33,34). The topological polar surface area (TPSA) is 82.7 Å². The molecule has 200 valence electrons. The first-order chi connectivity index (χ1) is 17.7. The lowest BCUT2D eigenvalue weighted by Crippen LogP contribution is -2.27. The van der Waals surface area contributed by atoms with Crippen LogP contribution in [-0.2, 0) is 29.0 Å². The van der Waals surface area contributed by atoms with Gasteiger partial charge in [-0.3, -0.25) is 9.13 Å². The van der Waals surface area contributed by atoms with Gasteiger partial charge in [0, 0.05) is 26.5 Å². The summed E-state index contributed by atoms with van der Waals surface area (Å²) >= 11 is 0. The smallest absolute Gasteiger partial charge is 0.336 e. The number of carboxylic acid groups (broad SMARTS) is 1. The molecule has 0 saturated carbocycles. The zero-order valence-corrected chi connectivity index (χ0v) is 22.9. The van der Waals surface area contributed by atoms with Crippen LogP contribution in [0.4, 0.5) is 0 Å². The summed E-state index contributed by atoms with van der Waals surface area (Å²) in [6.07, 6.45) is 1.92. The van der Waals surface area contributed by atoms with E-state index in [-0.39, 0.29) is 11.3 Å². The van der Waals surface area contributed by atoms with Gasteiger partial charge in [-0.15, -0.1) is 0 Å². The fourth-order valence-corrected chi connectivity index (χ4v) is 4.59. The van der Waals surface area contributed by atoms with Crippen LogP contribution >= 0.6 is 0 Å². The number of aromatic nitrogens is 2. The quantitative estimate of drug-likeness (QED) is 0.287. The third-order valence-electron chi connectivity index (χ3n) is 6.68. The van der Waals surface area contributed by atoms with Crippen molar-refractivity contribution < 1.29 is 19.4 Å². The number of aromatic carboxylic acids is 1. The van der Waals surface area contributed by atoms with E-state index in [9.17, 15) is 14.7 Å². The maximum atomic E-state index is 13.8. The highest BCUT2D eigenvalue weighted by atomic mass is 16.7. The number of rotatable bonds is 13. The Balaban J connectivity index is 2.05. The molecule has 0 atom stereocenters. The summed E-state index contributed by atoms with van der Waals surface area (Å²) in [4.78, 5) is 25.4. The van der Waals surface area contributed by atoms with Crippen molar-refractivity contribution in [3.63, 3.8) is 0 Å². The van der Waals surface area contributed by atoms with E-state index < -0.39 is 12.3 Å². The lowest BCUT2D eigenvalue weighted by atomic mass is 9.98. The summed E-state index contributed by atoms with van der Waals surface area (Å²) in [6, 6.07) is 14.7. The van der Waals surface area contributed by atoms with Gasteiger partial charge in [0.1, 0.15) is 0 Å². The molecule has 3 aromatic rings. The molecule has 0 radical (unpaired) electrons. The maximum absolute atomic E-state index is 13.8. The fourth-order valence-electron chi connectivity index (χ4n) is 4.59. The molecule has 0 aliphatic carbocycles. The first-order valence-electron chi connectivity index (χ1n) is 13.0. The summed E-state index contributed by atoms with van der Waals surface area (Å²) in [6.45, 7) is 9.66. The Hall–Kier alpha value is -3.16. The van der Waals surface area contributed by atoms with E-state index in [4.69, 9.17) is 9.47 Å². The Bertz CT molecular complexity index is 1230. The van der Waals surface area contributed by atoms with E-state index in [0.717, 1.165) is 41.8 Å². The normalized spacial score (nSPS) is 11.7. The second-order valence-corrected chi connectivity index (χ2v) is 10.3. The first kappa shape index (κ1) is 28.4. The average Bonchev–Trinajstić information content (AvgIpc) is 3.13. The van der Waals surface area contributed by atoms with Crippen molar-refractivity contribution in [2.24, 2.45) is 11.8 Å².